The number of carbonyl (C=O) groups excluding carboxylic acids is 1. The summed E-state index contributed by atoms with van der Waals surface area (Å²) in [6, 6.07) is 29.2. The Kier molecular flexibility index (Phi) is 4.87. The molecule has 0 bridgehead atoms. The van der Waals surface area contributed by atoms with E-state index in [-0.39, 0.29) is 5.78 Å². The number of allylic oxidation sites excluding steroid dienone is 1. The van der Waals surface area contributed by atoms with Crippen molar-refractivity contribution in [2.24, 2.45) is 0 Å². The zero-order chi connectivity index (χ0) is 16.8. The van der Waals surface area contributed by atoms with Crippen LogP contribution in [0.5, 0.6) is 0 Å². The van der Waals surface area contributed by atoms with E-state index in [1.807, 2.05) is 109 Å². The highest BCUT2D eigenvalue weighted by Gasteiger charge is 2.15. The number of para-hydroxylation sites is 1. The molecule has 2 nitrogen and oxygen atoms in total. The molecule has 2 heteroatoms. The molecule has 0 aliphatic rings. The number of hydrogen-bond acceptors (Lipinski definition) is 2. The highest BCUT2D eigenvalue weighted by molar-refractivity contribution is 6.29. The number of Topliss-reactive ketones (excluding diaryl/α,β-unsaturated/α-hetero) is 1. The molecule has 3 aromatic rings. The molecule has 0 aliphatic heterocycles. The smallest absolute Gasteiger partial charge is 0.195 e. The van der Waals surface area contributed by atoms with Crippen LogP contribution in [0.15, 0.2) is 97.2 Å². The predicted octanol–water partition coefficient (Wildman–Crippen LogP) is 5.05. The number of ketones is 1. The van der Waals surface area contributed by atoms with Gasteiger partial charge in [-0.05, 0) is 17.7 Å². The van der Waals surface area contributed by atoms with Gasteiger partial charge in [-0.2, -0.15) is 0 Å². The summed E-state index contributed by atoms with van der Waals surface area (Å²) in [4.78, 5) is 15.0. The topological polar surface area (TPSA) is 20.3 Å². The Bertz CT molecular complexity index is 824. The first kappa shape index (κ1) is 15.8. The van der Waals surface area contributed by atoms with Crippen LogP contribution in [0.2, 0.25) is 0 Å². The minimum absolute atomic E-state index is 0.0181. The maximum absolute atomic E-state index is 13.0. The lowest BCUT2D eigenvalue weighted by atomic mass is 9.97. The number of benzene rings is 3. The second-order valence-corrected chi connectivity index (χ2v) is 5.55. The molecule has 0 fully saturated rings. The maximum atomic E-state index is 13.0. The normalized spacial score (nSPS) is 11.1. The fourth-order valence-corrected chi connectivity index (χ4v) is 2.56. The molecule has 0 aliphatic carbocycles. The molecule has 0 atom stereocenters. The molecule has 0 unspecified atom stereocenters. The van der Waals surface area contributed by atoms with Gasteiger partial charge in [0.2, 0.25) is 0 Å². The van der Waals surface area contributed by atoms with E-state index in [0.717, 1.165) is 11.3 Å². The van der Waals surface area contributed by atoms with Gasteiger partial charge in [-0.1, -0.05) is 78.9 Å². The SMILES string of the molecule is CN(/C=C(/C(=O)c1ccccc1)c1ccccc1)c1ccccc1. The van der Waals surface area contributed by atoms with Crippen LogP contribution in [-0.2, 0) is 0 Å². The standard InChI is InChI=1S/C22H19NO/c1-23(20-15-9-4-10-16-20)17-21(18-11-5-2-6-12-18)22(24)19-13-7-3-8-14-19/h2-17H,1H3/b21-17+. The summed E-state index contributed by atoms with van der Waals surface area (Å²) in [5.41, 5.74) is 3.31. The molecular formula is C22H19NO. The average molecular weight is 313 g/mol. The van der Waals surface area contributed by atoms with E-state index in [2.05, 4.69) is 0 Å². The monoisotopic (exact) mass is 313 g/mol. The van der Waals surface area contributed by atoms with Gasteiger partial charge in [-0.3, -0.25) is 4.79 Å². The van der Waals surface area contributed by atoms with Gasteiger partial charge >= 0.3 is 0 Å². The summed E-state index contributed by atoms with van der Waals surface area (Å²) >= 11 is 0. The Hall–Kier alpha value is -3.13. The first-order chi connectivity index (χ1) is 11.8. The molecule has 0 N–H and O–H groups in total. The second-order valence-electron chi connectivity index (χ2n) is 5.55. The zero-order valence-electron chi connectivity index (χ0n) is 13.6. The first-order valence-corrected chi connectivity index (χ1v) is 7.90. The number of carbonyl (C=O) groups is 1. The summed E-state index contributed by atoms with van der Waals surface area (Å²) in [5, 5.41) is 0. The largest absolute Gasteiger partial charge is 0.350 e. The van der Waals surface area contributed by atoms with Crippen LogP contribution < -0.4 is 4.90 Å². The van der Waals surface area contributed by atoms with Crippen molar-refractivity contribution in [3.63, 3.8) is 0 Å². The van der Waals surface area contributed by atoms with Gasteiger partial charge < -0.3 is 4.90 Å². The van der Waals surface area contributed by atoms with E-state index in [9.17, 15) is 4.79 Å². The second kappa shape index (κ2) is 7.42. The van der Waals surface area contributed by atoms with Gasteiger partial charge in [0.25, 0.3) is 0 Å². The maximum Gasteiger partial charge on any atom is 0.195 e. The molecule has 3 rings (SSSR count). The lowest BCUT2D eigenvalue weighted by molar-refractivity contribution is 0.105. The van der Waals surface area contributed by atoms with Crippen LogP contribution in [0, 0.1) is 0 Å². The summed E-state index contributed by atoms with van der Waals surface area (Å²) < 4.78 is 0. The van der Waals surface area contributed by atoms with Crippen molar-refractivity contribution < 1.29 is 4.79 Å². The molecule has 24 heavy (non-hydrogen) atoms. The van der Waals surface area contributed by atoms with Crippen molar-refractivity contribution in [2.45, 2.75) is 0 Å². The number of anilines is 1. The Morgan fingerprint density at radius 2 is 1.17 bits per heavy atom. The third kappa shape index (κ3) is 3.61. The quantitative estimate of drug-likeness (QED) is 0.485. The number of hydrogen-bond donors (Lipinski definition) is 0. The van der Waals surface area contributed by atoms with Crippen molar-refractivity contribution in [2.75, 3.05) is 11.9 Å². The van der Waals surface area contributed by atoms with Gasteiger partial charge in [0.1, 0.15) is 0 Å². The van der Waals surface area contributed by atoms with Gasteiger partial charge in [0.05, 0.1) is 0 Å². The summed E-state index contributed by atoms with van der Waals surface area (Å²) in [6.07, 6.45) is 1.90. The van der Waals surface area contributed by atoms with Crippen molar-refractivity contribution in [3.8, 4) is 0 Å². The van der Waals surface area contributed by atoms with Crippen LogP contribution in [0.3, 0.4) is 0 Å². The summed E-state index contributed by atoms with van der Waals surface area (Å²) in [7, 11) is 1.95. The lowest BCUT2D eigenvalue weighted by Gasteiger charge is -2.17. The van der Waals surface area contributed by atoms with Gasteiger partial charge in [-0.25, -0.2) is 0 Å². The third-order valence-electron chi connectivity index (χ3n) is 3.85. The van der Waals surface area contributed by atoms with E-state index >= 15 is 0 Å². The first-order valence-electron chi connectivity index (χ1n) is 7.90. The van der Waals surface area contributed by atoms with Gasteiger partial charge in [-0.15, -0.1) is 0 Å². The van der Waals surface area contributed by atoms with E-state index in [4.69, 9.17) is 0 Å². The highest BCUT2D eigenvalue weighted by atomic mass is 16.1. The predicted molar refractivity (Wildman–Crippen MR) is 100 cm³/mol. The van der Waals surface area contributed by atoms with Gasteiger partial charge in [0.15, 0.2) is 5.78 Å². The molecule has 0 aromatic heterocycles. The molecule has 0 spiro atoms. The highest BCUT2D eigenvalue weighted by Crippen LogP contribution is 2.22. The Morgan fingerprint density at radius 1 is 0.708 bits per heavy atom. The average Bonchev–Trinajstić information content (AvgIpc) is 2.67. The minimum Gasteiger partial charge on any atom is -0.350 e. The van der Waals surface area contributed by atoms with Crippen molar-refractivity contribution in [1.82, 2.24) is 0 Å². The molecular weight excluding hydrogens is 294 g/mol. The molecule has 0 saturated carbocycles. The molecule has 0 heterocycles. The van der Waals surface area contributed by atoms with E-state index < -0.39 is 0 Å². The van der Waals surface area contributed by atoms with Gasteiger partial charge in [0, 0.05) is 30.1 Å². The van der Waals surface area contributed by atoms with E-state index in [0.29, 0.717) is 11.1 Å². The molecule has 3 aromatic carbocycles. The van der Waals surface area contributed by atoms with Crippen LogP contribution in [0.4, 0.5) is 5.69 Å². The molecule has 118 valence electrons. The lowest BCUT2D eigenvalue weighted by Crippen LogP contribution is -2.12. The van der Waals surface area contributed by atoms with Crippen LogP contribution in [0.25, 0.3) is 5.57 Å². The number of rotatable bonds is 5. The Balaban J connectivity index is 2.03. The zero-order valence-corrected chi connectivity index (χ0v) is 13.6. The van der Waals surface area contributed by atoms with Crippen molar-refractivity contribution in [3.05, 3.63) is 108 Å². The van der Waals surface area contributed by atoms with Crippen molar-refractivity contribution in [1.29, 1.82) is 0 Å². The third-order valence-corrected chi connectivity index (χ3v) is 3.85. The molecule has 0 amide bonds. The number of nitrogens with zero attached hydrogens (tertiary/aromatic N) is 1. The van der Waals surface area contributed by atoms with E-state index in [1.165, 1.54) is 0 Å². The summed E-state index contributed by atoms with van der Waals surface area (Å²) in [5.74, 6) is 0.0181. The van der Waals surface area contributed by atoms with Crippen LogP contribution >= 0.6 is 0 Å². The molecule has 0 saturated heterocycles. The van der Waals surface area contributed by atoms with E-state index in [1.54, 1.807) is 0 Å². The Labute approximate surface area is 142 Å². The Morgan fingerprint density at radius 3 is 1.71 bits per heavy atom. The fraction of sp³-hybridized carbons (Fsp3) is 0.0455. The summed E-state index contributed by atoms with van der Waals surface area (Å²) in [6.45, 7) is 0. The minimum atomic E-state index is 0.0181. The molecule has 0 radical (unpaired) electrons. The van der Waals surface area contributed by atoms with Crippen LogP contribution in [0.1, 0.15) is 15.9 Å². The van der Waals surface area contributed by atoms with Crippen LogP contribution in [-0.4, -0.2) is 12.8 Å². The fourth-order valence-electron chi connectivity index (χ4n) is 2.56. The van der Waals surface area contributed by atoms with Crippen molar-refractivity contribution >= 4 is 17.0 Å².